The van der Waals surface area contributed by atoms with E-state index in [1.54, 1.807) is 18.2 Å². The van der Waals surface area contributed by atoms with Gasteiger partial charge in [-0.2, -0.15) is 13.2 Å². The van der Waals surface area contributed by atoms with Crippen molar-refractivity contribution in [3.63, 3.8) is 0 Å². The fourth-order valence-corrected chi connectivity index (χ4v) is 4.62. The van der Waals surface area contributed by atoms with E-state index in [1.165, 1.54) is 12.1 Å². The number of benzene rings is 3. The summed E-state index contributed by atoms with van der Waals surface area (Å²) in [5.74, 6) is 0.288. The van der Waals surface area contributed by atoms with Gasteiger partial charge in [0.2, 0.25) is 0 Å². The summed E-state index contributed by atoms with van der Waals surface area (Å²) < 4.78 is 38.9. The molecular formula is C28H29ClF3N3O. The minimum Gasteiger partial charge on any atom is -0.369 e. The van der Waals surface area contributed by atoms with Gasteiger partial charge in [-0.05, 0) is 71.6 Å². The molecule has 0 aromatic heterocycles. The number of halogens is 4. The molecule has 36 heavy (non-hydrogen) atoms. The number of carbonyl (C=O) groups excluding carboxylic acids is 1. The Bertz CT molecular complexity index is 1190. The fourth-order valence-electron chi connectivity index (χ4n) is 4.45. The molecule has 3 aromatic rings. The largest absolute Gasteiger partial charge is 0.416 e. The summed E-state index contributed by atoms with van der Waals surface area (Å²) in [6.07, 6.45) is -4.43. The van der Waals surface area contributed by atoms with Crippen molar-refractivity contribution < 1.29 is 18.0 Å². The summed E-state index contributed by atoms with van der Waals surface area (Å²) in [6, 6.07) is 17.2. The number of rotatable bonds is 6. The molecule has 1 aliphatic rings. The third-order valence-electron chi connectivity index (χ3n) is 6.24. The monoisotopic (exact) mass is 515 g/mol. The molecule has 4 nitrogen and oxygen atoms in total. The molecule has 1 saturated heterocycles. The lowest BCUT2D eigenvalue weighted by Crippen LogP contribution is -2.47. The molecule has 1 amide bonds. The van der Waals surface area contributed by atoms with Crippen molar-refractivity contribution in [2.24, 2.45) is 5.92 Å². The summed E-state index contributed by atoms with van der Waals surface area (Å²) in [4.78, 5) is 17.9. The number of anilines is 2. The smallest absolute Gasteiger partial charge is 0.369 e. The van der Waals surface area contributed by atoms with E-state index < -0.39 is 11.7 Å². The zero-order valence-electron chi connectivity index (χ0n) is 20.3. The Balaban J connectivity index is 1.46. The van der Waals surface area contributed by atoms with Gasteiger partial charge < -0.3 is 10.2 Å². The maximum atomic E-state index is 13.1. The number of alkyl halides is 3. The van der Waals surface area contributed by atoms with Crippen LogP contribution in [0.3, 0.4) is 0 Å². The number of hydrogen-bond acceptors (Lipinski definition) is 3. The zero-order valence-corrected chi connectivity index (χ0v) is 21.0. The van der Waals surface area contributed by atoms with Gasteiger partial charge in [-0.25, -0.2) is 0 Å². The molecule has 0 aliphatic carbocycles. The minimum atomic E-state index is -4.43. The standard InChI is InChI=1S/C28H29ClF3N3O/c1-19(2)18-34-13-15-35(16-14-34)24-10-8-23(9-11-24)33-27(36)25-12-7-22(29)17-26(25)20-3-5-21(6-4-20)28(30,31)32/h3-12,17,19H,13-16,18H2,1-2H3,(H,33,36). The molecule has 1 N–H and O–H groups in total. The van der Waals surface area contributed by atoms with Gasteiger partial charge in [0.1, 0.15) is 0 Å². The lowest BCUT2D eigenvalue weighted by atomic mass is 9.98. The van der Waals surface area contributed by atoms with Crippen molar-refractivity contribution in [3.8, 4) is 11.1 Å². The Labute approximate surface area is 214 Å². The maximum Gasteiger partial charge on any atom is 0.416 e. The first-order valence-electron chi connectivity index (χ1n) is 12.0. The summed E-state index contributed by atoms with van der Waals surface area (Å²) in [5.41, 5.74) is 2.25. The van der Waals surface area contributed by atoms with Gasteiger partial charge in [-0.3, -0.25) is 9.69 Å². The molecule has 190 valence electrons. The molecule has 0 spiro atoms. The van der Waals surface area contributed by atoms with E-state index in [9.17, 15) is 18.0 Å². The number of nitrogens with zero attached hydrogens (tertiary/aromatic N) is 2. The zero-order chi connectivity index (χ0) is 25.9. The highest BCUT2D eigenvalue weighted by Gasteiger charge is 2.30. The SMILES string of the molecule is CC(C)CN1CCN(c2ccc(NC(=O)c3ccc(Cl)cc3-c3ccc(C(F)(F)F)cc3)cc2)CC1. The second-order valence-electron chi connectivity index (χ2n) is 9.45. The van der Waals surface area contributed by atoms with Crippen LogP contribution in [0.2, 0.25) is 5.02 Å². The van der Waals surface area contributed by atoms with Gasteiger partial charge in [0, 0.05) is 54.7 Å². The van der Waals surface area contributed by atoms with Crippen molar-refractivity contribution >= 4 is 28.9 Å². The van der Waals surface area contributed by atoms with Crippen LogP contribution in [0, 0.1) is 5.92 Å². The first-order chi connectivity index (χ1) is 17.1. The van der Waals surface area contributed by atoms with Gasteiger partial charge in [0.25, 0.3) is 5.91 Å². The van der Waals surface area contributed by atoms with Crippen LogP contribution >= 0.6 is 11.6 Å². The third kappa shape index (κ3) is 6.39. The second kappa shape index (κ2) is 10.9. The van der Waals surface area contributed by atoms with Crippen LogP contribution in [0.25, 0.3) is 11.1 Å². The molecule has 0 saturated carbocycles. The summed E-state index contributed by atoms with van der Waals surface area (Å²) in [5, 5.41) is 3.28. The molecule has 0 unspecified atom stereocenters. The van der Waals surface area contributed by atoms with Crippen molar-refractivity contribution in [1.29, 1.82) is 0 Å². The maximum absolute atomic E-state index is 13.1. The van der Waals surface area contributed by atoms with E-state index in [0.717, 1.165) is 50.5 Å². The molecule has 4 rings (SSSR count). The average Bonchev–Trinajstić information content (AvgIpc) is 2.84. The molecule has 8 heteroatoms. The molecule has 0 bridgehead atoms. The van der Waals surface area contributed by atoms with Crippen LogP contribution < -0.4 is 10.2 Å². The van der Waals surface area contributed by atoms with E-state index in [1.807, 2.05) is 24.3 Å². The Hall–Kier alpha value is -3.03. The van der Waals surface area contributed by atoms with E-state index in [0.29, 0.717) is 33.3 Å². The second-order valence-corrected chi connectivity index (χ2v) is 9.88. The molecule has 1 fully saturated rings. The summed E-state index contributed by atoms with van der Waals surface area (Å²) >= 11 is 6.14. The molecule has 1 heterocycles. The highest BCUT2D eigenvalue weighted by atomic mass is 35.5. The van der Waals surface area contributed by atoms with E-state index >= 15 is 0 Å². The fraction of sp³-hybridized carbons (Fsp3) is 0.321. The molecular weight excluding hydrogens is 487 g/mol. The third-order valence-corrected chi connectivity index (χ3v) is 6.47. The van der Waals surface area contributed by atoms with Gasteiger partial charge in [0.15, 0.2) is 0 Å². The van der Waals surface area contributed by atoms with E-state index in [4.69, 9.17) is 11.6 Å². The van der Waals surface area contributed by atoms with Crippen LogP contribution in [0.5, 0.6) is 0 Å². The van der Waals surface area contributed by atoms with Gasteiger partial charge in [-0.1, -0.05) is 37.6 Å². The number of amides is 1. The van der Waals surface area contributed by atoms with Crippen molar-refractivity contribution in [1.82, 2.24) is 4.90 Å². The Morgan fingerprint density at radius 3 is 2.17 bits per heavy atom. The van der Waals surface area contributed by atoms with Crippen LogP contribution in [-0.2, 0) is 6.18 Å². The topological polar surface area (TPSA) is 35.6 Å². The van der Waals surface area contributed by atoms with Crippen molar-refractivity contribution in [2.45, 2.75) is 20.0 Å². The van der Waals surface area contributed by atoms with Crippen molar-refractivity contribution in [2.75, 3.05) is 42.9 Å². The van der Waals surface area contributed by atoms with E-state index in [-0.39, 0.29) is 5.91 Å². The molecule has 0 radical (unpaired) electrons. The normalized spacial score (nSPS) is 14.8. The first kappa shape index (κ1) is 26.0. The summed E-state index contributed by atoms with van der Waals surface area (Å²) in [7, 11) is 0. The predicted octanol–water partition coefficient (Wildman–Crippen LogP) is 7.06. The minimum absolute atomic E-state index is 0.324. The number of nitrogens with one attached hydrogen (secondary N) is 1. The van der Waals surface area contributed by atoms with Crippen LogP contribution in [-0.4, -0.2) is 43.5 Å². The van der Waals surface area contributed by atoms with Crippen LogP contribution in [0.15, 0.2) is 66.7 Å². The van der Waals surface area contributed by atoms with E-state index in [2.05, 4.69) is 29.0 Å². The van der Waals surface area contributed by atoms with Gasteiger partial charge >= 0.3 is 6.18 Å². The Morgan fingerprint density at radius 2 is 1.58 bits per heavy atom. The summed E-state index contributed by atoms with van der Waals surface area (Å²) in [6.45, 7) is 9.54. The predicted molar refractivity (Wildman–Crippen MR) is 140 cm³/mol. The number of piperazine rings is 1. The lowest BCUT2D eigenvalue weighted by molar-refractivity contribution is -0.137. The average molecular weight is 516 g/mol. The lowest BCUT2D eigenvalue weighted by Gasteiger charge is -2.36. The first-order valence-corrected chi connectivity index (χ1v) is 12.3. The Kier molecular flexibility index (Phi) is 7.91. The van der Waals surface area contributed by atoms with Crippen molar-refractivity contribution in [3.05, 3.63) is 82.9 Å². The van der Waals surface area contributed by atoms with Crippen LogP contribution in [0.1, 0.15) is 29.8 Å². The quantitative estimate of drug-likeness (QED) is 0.382. The highest BCUT2D eigenvalue weighted by Crippen LogP contribution is 2.33. The number of hydrogen-bond donors (Lipinski definition) is 1. The van der Waals surface area contributed by atoms with Crippen LogP contribution in [0.4, 0.5) is 24.5 Å². The highest BCUT2D eigenvalue weighted by molar-refractivity contribution is 6.31. The van der Waals surface area contributed by atoms with Gasteiger partial charge in [-0.15, -0.1) is 0 Å². The molecule has 3 aromatic carbocycles. The Morgan fingerprint density at radius 1 is 0.944 bits per heavy atom. The molecule has 0 atom stereocenters. The molecule has 1 aliphatic heterocycles. The van der Waals surface area contributed by atoms with Gasteiger partial charge in [0.05, 0.1) is 5.56 Å². The number of carbonyl (C=O) groups is 1.